The van der Waals surface area contributed by atoms with Crippen LogP contribution in [0, 0.1) is 6.92 Å². The number of rotatable bonds is 4. The Morgan fingerprint density at radius 1 is 1.53 bits per heavy atom. The smallest absolute Gasteiger partial charge is 0.414 e. The molecule has 2 N–H and O–H groups in total. The number of anilines is 1. The molecule has 0 radical (unpaired) electrons. The van der Waals surface area contributed by atoms with Crippen molar-refractivity contribution in [2.45, 2.75) is 6.92 Å². The van der Waals surface area contributed by atoms with Crippen molar-refractivity contribution in [3.05, 3.63) is 24.0 Å². The Balaban J connectivity index is 2.74. The molecular weight excluding hydrogens is 228 g/mol. The Bertz CT molecular complexity index is 460. The van der Waals surface area contributed by atoms with E-state index in [1.807, 2.05) is 0 Å². The van der Waals surface area contributed by atoms with Crippen LogP contribution in [0.25, 0.3) is 0 Å². The lowest BCUT2D eigenvalue weighted by Gasteiger charge is -2.04. The molecule has 90 valence electrons. The topological polar surface area (TPSA) is 114 Å². The molecule has 1 aromatic rings. The summed E-state index contributed by atoms with van der Waals surface area (Å²) in [7, 11) is 0. The van der Waals surface area contributed by atoms with E-state index in [1.165, 1.54) is 13.0 Å². The molecule has 1 rings (SSSR count). The van der Waals surface area contributed by atoms with E-state index in [-0.39, 0.29) is 23.9 Å². The number of carbonyl (C=O) groups is 2. The number of carboxylic acids is 1. The maximum absolute atomic E-state index is 11.1. The number of nitrogens with one attached hydrogen (secondary N) is 1. The van der Waals surface area contributed by atoms with Gasteiger partial charge in [-0.3, -0.25) is 5.32 Å². The predicted molar refractivity (Wildman–Crippen MR) is 56.7 cm³/mol. The molecule has 0 saturated heterocycles. The first-order valence-electron chi connectivity index (χ1n) is 4.54. The van der Waals surface area contributed by atoms with Crippen molar-refractivity contribution in [2.75, 3.05) is 11.9 Å². The van der Waals surface area contributed by atoms with Crippen LogP contribution >= 0.6 is 0 Å². The number of aromatic carboxylic acids is 1. The minimum Gasteiger partial charge on any atom is -0.476 e. The molecule has 0 atom stereocenters. The van der Waals surface area contributed by atoms with E-state index in [2.05, 4.69) is 31.8 Å². The van der Waals surface area contributed by atoms with Crippen LogP contribution in [0.15, 0.2) is 12.7 Å². The van der Waals surface area contributed by atoms with Crippen LogP contribution in [0.3, 0.4) is 0 Å². The summed E-state index contributed by atoms with van der Waals surface area (Å²) in [5.74, 6) is -1.36. The summed E-state index contributed by atoms with van der Waals surface area (Å²) in [5, 5.41) is 17.7. The van der Waals surface area contributed by atoms with E-state index in [0.717, 1.165) is 0 Å². The van der Waals surface area contributed by atoms with Crippen molar-refractivity contribution in [1.82, 2.24) is 15.2 Å². The fourth-order valence-corrected chi connectivity index (χ4v) is 0.916. The molecule has 0 unspecified atom stereocenters. The lowest BCUT2D eigenvalue weighted by atomic mass is 10.3. The molecule has 0 saturated carbocycles. The highest BCUT2D eigenvalue weighted by atomic mass is 16.5. The van der Waals surface area contributed by atoms with Crippen molar-refractivity contribution in [2.24, 2.45) is 0 Å². The van der Waals surface area contributed by atoms with Crippen LogP contribution in [-0.4, -0.2) is 39.0 Å². The second-order valence-corrected chi connectivity index (χ2v) is 2.89. The van der Waals surface area contributed by atoms with Gasteiger partial charge in [-0.15, -0.1) is 10.2 Å². The van der Waals surface area contributed by atoms with Crippen molar-refractivity contribution in [3.8, 4) is 0 Å². The van der Waals surface area contributed by atoms with E-state index in [4.69, 9.17) is 5.11 Å². The fraction of sp³-hybridized carbons (Fsp3) is 0.222. The zero-order chi connectivity index (χ0) is 12.8. The Hall–Kier alpha value is -2.51. The van der Waals surface area contributed by atoms with Crippen molar-refractivity contribution < 1.29 is 19.4 Å². The molecule has 0 aromatic carbocycles. The van der Waals surface area contributed by atoms with E-state index < -0.39 is 12.1 Å². The Morgan fingerprint density at radius 3 is 2.76 bits per heavy atom. The first-order chi connectivity index (χ1) is 8.04. The van der Waals surface area contributed by atoms with Gasteiger partial charge in [-0.2, -0.15) is 0 Å². The average Bonchev–Trinajstić information content (AvgIpc) is 2.26. The lowest BCUT2D eigenvalue weighted by molar-refractivity contribution is 0.0687. The second kappa shape index (κ2) is 5.54. The summed E-state index contributed by atoms with van der Waals surface area (Å²) in [6.45, 7) is 4.86. The number of ether oxygens (including phenoxy) is 1. The zero-order valence-corrected chi connectivity index (χ0v) is 9.01. The minimum absolute atomic E-state index is 0.0471. The van der Waals surface area contributed by atoms with Crippen LogP contribution in [0.1, 0.15) is 16.2 Å². The number of carbonyl (C=O) groups excluding carboxylic acids is 1. The SMILES string of the molecule is C=CCOC(=O)Nc1nnc(C(=O)O)c(C)n1. The molecule has 8 heteroatoms. The van der Waals surface area contributed by atoms with Gasteiger partial charge in [-0.1, -0.05) is 12.7 Å². The number of aromatic nitrogens is 3. The van der Waals surface area contributed by atoms with Gasteiger partial charge in [0.2, 0.25) is 0 Å². The van der Waals surface area contributed by atoms with Gasteiger partial charge in [0.25, 0.3) is 5.95 Å². The molecule has 17 heavy (non-hydrogen) atoms. The van der Waals surface area contributed by atoms with Crippen molar-refractivity contribution in [3.63, 3.8) is 0 Å². The molecular formula is C9H10N4O4. The molecule has 1 heterocycles. The number of carboxylic acid groups (broad SMARTS) is 1. The third-order valence-corrected chi connectivity index (χ3v) is 1.61. The van der Waals surface area contributed by atoms with Crippen molar-refractivity contribution in [1.29, 1.82) is 0 Å². The quantitative estimate of drug-likeness (QED) is 0.738. The maximum atomic E-state index is 11.1. The van der Waals surface area contributed by atoms with Gasteiger partial charge in [-0.25, -0.2) is 14.6 Å². The molecule has 0 spiro atoms. The first kappa shape index (κ1) is 12.6. The second-order valence-electron chi connectivity index (χ2n) is 2.89. The molecule has 1 amide bonds. The highest BCUT2D eigenvalue weighted by molar-refractivity contribution is 5.87. The predicted octanol–water partition coefficient (Wildman–Crippen LogP) is 0.613. The normalized spacial score (nSPS) is 9.47. The highest BCUT2D eigenvalue weighted by Crippen LogP contribution is 2.03. The maximum Gasteiger partial charge on any atom is 0.414 e. The van der Waals surface area contributed by atoms with Gasteiger partial charge in [0.1, 0.15) is 6.61 Å². The molecule has 0 fully saturated rings. The molecule has 1 aromatic heterocycles. The third kappa shape index (κ3) is 3.52. The van der Waals surface area contributed by atoms with Gasteiger partial charge >= 0.3 is 12.1 Å². The van der Waals surface area contributed by atoms with E-state index >= 15 is 0 Å². The van der Waals surface area contributed by atoms with E-state index in [1.54, 1.807) is 0 Å². The minimum atomic E-state index is -1.23. The van der Waals surface area contributed by atoms with Crippen LogP contribution in [0.2, 0.25) is 0 Å². The highest BCUT2D eigenvalue weighted by Gasteiger charge is 2.13. The van der Waals surface area contributed by atoms with Crippen LogP contribution < -0.4 is 5.32 Å². The van der Waals surface area contributed by atoms with Gasteiger partial charge in [0.15, 0.2) is 5.69 Å². The van der Waals surface area contributed by atoms with Crippen LogP contribution in [0.5, 0.6) is 0 Å². The van der Waals surface area contributed by atoms with E-state index in [9.17, 15) is 9.59 Å². The molecule has 0 aliphatic carbocycles. The number of hydrogen-bond acceptors (Lipinski definition) is 6. The van der Waals surface area contributed by atoms with Gasteiger partial charge < -0.3 is 9.84 Å². The van der Waals surface area contributed by atoms with Crippen LogP contribution in [0.4, 0.5) is 10.7 Å². The molecule has 0 aliphatic heterocycles. The fourth-order valence-electron chi connectivity index (χ4n) is 0.916. The summed E-state index contributed by atoms with van der Waals surface area (Å²) in [6, 6.07) is 0. The summed E-state index contributed by atoms with van der Waals surface area (Å²) >= 11 is 0. The molecule has 0 aliphatic rings. The summed E-state index contributed by atoms with van der Waals surface area (Å²) in [5.41, 5.74) is -0.124. The first-order valence-corrected chi connectivity index (χ1v) is 4.54. The Kier molecular flexibility index (Phi) is 4.09. The van der Waals surface area contributed by atoms with Gasteiger partial charge in [0.05, 0.1) is 5.69 Å². The van der Waals surface area contributed by atoms with Gasteiger partial charge in [0, 0.05) is 0 Å². The standard InChI is InChI=1S/C9H10N4O4/c1-3-4-17-9(16)11-8-10-5(2)6(7(14)15)12-13-8/h3H,1,4H2,2H3,(H,14,15)(H,10,11,13,16). The lowest BCUT2D eigenvalue weighted by Crippen LogP contribution is -2.18. The Labute approximate surface area is 96.3 Å². The average molecular weight is 238 g/mol. The number of nitrogens with zero attached hydrogens (tertiary/aromatic N) is 3. The summed E-state index contributed by atoms with van der Waals surface area (Å²) in [6.07, 6.45) is 0.631. The third-order valence-electron chi connectivity index (χ3n) is 1.61. The van der Waals surface area contributed by atoms with Crippen LogP contribution in [-0.2, 0) is 4.74 Å². The monoisotopic (exact) mass is 238 g/mol. The summed E-state index contributed by atoms with van der Waals surface area (Å²) in [4.78, 5) is 25.5. The molecule has 0 bridgehead atoms. The number of aryl methyl sites for hydroxylation is 1. The number of amides is 1. The number of hydrogen-bond donors (Lipinski definition) is 2. The van der Waals surface area contributed by atoms with Crippen molar-refractivity contribution >= 4 is 18.0 Å². The Morgan fingerprint density at radius 2 is 2.24 bits per heavy atom. The zero-order valence-electron chi connectivity index (χ0n) is 9.01. The van der Waals surface area contributed by atoms with Gasteiger partial charge in [-0.05, 0) is 6.92 Å². The van der Waals surface area contributed by atoms with E-state index in [0.29, 0.717) is 0 Å². The summed E-state index contributed by atoms with van der Waals surface area (Å²) < 4.78 is 4.62. The largest absolute Gasteiger partial charge is 0.476 e. The molecule has 8 nitrogen and oxygen atoms in total.